The van der Waals surface area contributed by atoms with Crippen LogP contribution < -0.4 is 10.1 Å². The van der Waals surface area contributed by atoms with Crippen molar-refractivity contribution in [3.63, 3.8) is 0 Å². The Hall–Kier alpha value is -2.30. The summed E-state index contributed by atoms with van der Waals surface area (Å²) >= 11 is 0. The van der Waals surface area contributed by atoms with Gasteiger partial charge in [0.1, 0.15) is 12.2 Å². The quantitative estimate of drug-likeness (QED) is 0.881. The van der Waals surface area contributed by atoms with E-state index in [2.05, 4.69) is 10.4 Å². The highest BCUT2D eigenvalue weighted by atomic mass is 16.5. The number of nitrogens with one attached hydrogen (secondary N) is 1. The van der Waals surface area contributed by atoms with E-state index in [0.717, 1.165) is 17.4 Å². The lowest BCUT2D eigenvalue weighted by Gasteiger charge is -2.54. The zero-order valence-electron chi connectivity index (χ0n) is 15.8. The Bertz CT molecular complexity index is 801. The maximum absolute atomic E-state index is 13.0. The molecule has 4 fully saturated rings. The smallest absolute Gasteiger partial charge is 0.258 e. The molecule has 1 heterocycles. The molecule has 2 aromatic rings. The number of nitrogens with zero attached hydrogens (tertiary/aromatic N) is 2. The van der Waals surface area contributed by atoms with Gasteiger partial charge < -0.3 is 10.1 Å². The highest BCUT2D eigenvalue weighted by Crippen LogP contribution is 2.53. The monoisotopic (exact) mass is 365 g/mol. The lowest BCUT2D eigenvalue weighted by Crippen LogP contribution is -2.55. The van der Waals surface area contributed by atoms with E-state index in [1.54, 1.807) is 10.9 Å². The molecule has 6 rings (SSSR count). The predicted molar refractivity (Wildman–Crippen MR) is 102 cm³/mol. The van der Waals surface area contributed by atoms with E-state index in [1.807, 2.05) is 37.4 Å². The standard InChI is InChI=1S/C22H27N3O2/c1-25-12-19(22(24-25)27-13-14-5-3-2-4-6-14)21(26)23-20-17-8-15-7-16(10-17)11-18(20)9-15/h2-6,12,15-18,20H,7-11,13H2,1H3,(H,23,26). The van der Waals surface area contributed by atoms with Gasteiger partial charge in [0.05, 0.1) is 0 Å². The second-order valence-electron chi connectivity index (χ2n) is 8.73. The van der Waals surface area contributed by atoms with Gasteiger partial charge in [-0.15, -0.1) is 5.10 Å². The number of amides is 1. The second-order valence-corrected chi connectivity index (χ2v) is 8.73. The summed E-state index contributed by atoms with van der Waals surface area (Å²) in [5.41, 5.74) is 1.61. The Labute approximate surface area is 160 Å². The van der Waals surface area contributed by atoms with Crippen LogP contribution in [-0.2, 0) is 13.7 Å². The van der Waals surface area contributed by atoms with Gasteiger partial charge in [-0.05, 0) is 61.3 Å². The number of aryl methyl sites for hydroxylation is 1. The van der Waals surface area contributed by atoms with Crippen LogP contribution in [0.15, 0.2) is 36.5 Å². The minimum Gasteiger partial charge on any atom is -0.471 e. The number of carbonyl (C=O) groups excluding carboxylic acids is 1. The highest BCUT2D eigenvalue weighted by molar-refractivity contribution is 5.96. The Morgan fingerprint density at radius 3 is 2.44 bits per heavy atom. The van der Waals surface area contributed by atoms with E-state index in [0.29, 0.717) is 35.9 Å². The molecule has 0 spiro atoms. The molecular weight excluding hydrogens is 338 g/mol. The van der Waals surface area contributed by atoms with Crippen molar-refractivity contribution in [2.24, 2.45) is 30.7 Å². The first kappa shape index (κ1) is 16.8. The van der Waals surface area contributed by atoms with Crippen LogP contribution in [0.2, 0.25) is 0 Å². The molecule has 4 aliphatic rings. The van der Waals surface area contributed by atoms with Crippen molar-refractivity contribution in [3.05, 3.63) is 47.7 Å². The highest BCUT2D eigenvalue weighted by Gasteiger charge is 2.48. The summed E-state index contributed by atoms with van der Waals surface area (Å²) < 4.78 is 7.54. The van der Waals surface area contributed by atoms with E-state index < -0.39 is 0 Å². The van der Waals surface area contributed by atoms with Crippen molar-refractivity contribution < 1.29 is 9.53 Å². The first-order valence-electron chi connectivity index (χ1n) is 10.2. The van der Waals surface area contributed by atoms with Crippen LogP contribution in [0.3, 0.4) is 0 Å². The first-order valence-corrected chi connectivity index (χ1v) is 10.2. The number of benzene rings is 1. The van der Waals surface area contributed by atoms with Gasteiger partial charge in [-0.25, -0.2) is 0 Å². The van der Waals surface area contributed by atoms with E-state index in [9.17, 15) is 4.79 Å². The molecule has 1 amide bonds. The van der Waals surface area contributed by atoms with Crippen LogP contribution in [0.25, 0.3) is 0 Å². The average molecular weight is 365 g/mol. The lowest BCUT2D eigenvalue weighted by atomic mass is 9.54. The van der Waals surface area contributed by atoms with Gasteiger partial charge in [-0.3, -0.25) is 9.48 Å². The molecular formula is C22H27N3O2. The van der Waals surface area contributed by atoms with Crippen LogP contribution in [0.1, 0.15) is 48.0 Å². The summed E-state index contributed by atoms with van der Waals surface area (Å²) in [5.74, 6) is 3.52. The van der Waals surface area contributed by atoms with Crippen molar-refractivity contribution in [1.82, 2.24) is 15.1 Å². The van der Waals surface area contributed by atoms with Crippen molar-refractivity contribution in [1.29, 1.82) is 0 Å². The van der Waals surface area contributed by atoms with E-state index in [1.165, 1.54) is 32.1 Å². The summed E-state index contributed by atoms with van der Waals surface area (Å²) in [6.45, 7) is 0.413. The molecule has 5 heteroatoms. The molecule has 1 aromatic heterocycles. The van der Waals surface area contributed by atoms with Crippen LogP contribution in [-0.4, -0.2) is 21.7 Å². The molecule has 1 aromatic carbocycles. The normalized spacial score (nSPS) is 31.1. The SMILES string of the molecule is Cn1cc(C(=O)NC2C3CC4CC(C3)CC2C4)c(OCc2ccccc2)n1. The van der Waals surface area contributed by atoms with Crippen molar-refractivity contribution in [2.45, 2.75) is 44.8 Å². The fraction of sp³-hybridized carbons (Fsp3) is 0.545. The lowest BCUT2D eigenvalue weighted by molar-refractivity contribution is -0.0120. The van der Waals surface area contributed by atoms with Gasteiger partial charge in [0, 0.05) is 19.3 Å². The maximum atomic E-state index is 13.0. The summed E-state index contributed by atoms with van der Waals surface area (Å²) in [6, 6.07) is 10.3. The third-order valence-corrected chi connectivity index (χ3v) is 6.78. The van der Waals surface area contributed by atoms with Crippen molar-refractivity contribution >= 4 is 5.91 Å². The summed E-state index contributed by atoms with van der Waals surface area (Å²) in [6.07, 6.45) is 8.37. The van der Waals surface area contributed by atoms with Crippen molar-refractivity contribution in [2.75, 3.05) is 0 Å². The Balaban J connectivity index is 1.29. The molecule has 0 saturated heterocycles. The third kappa shape index (κ3) is 3.24. The van der Waals surface area contributed by atoms with Gasteiger partial charge in [0.25, 0.3) is 5.91 Å². The molecule has 142 valence electrons. The number of hydrogen-bond acceptors (Lipinski definition) is 3. The Kier molecular flexibility index (Phi) is 4.18. The van der Waals surface area contributed by atoms with Crippen LogP contribution in [0.5, 0.6) is 5.88 Å². The number of hydrogen-bond donors (Lipinski definition) is 1. The minimum atomic E-state index is -0.0383. The number of rotatable bonds is 5. The van der Waals surface area contributed by atoms with E-state index in [4.69, 9.17) is 4.74 Å². The van der Waals surface area contributed by atoms with Gasteiger partial charge in [0.15, 0.2) is 0 Å². The molecule has 4 saturated carbocycles. The zero-order chi connectivity index (χ0) is 18.4. The molecule has 0 unspecified atom stereocenters. The largest absolute Gasteiger partial charge is 0.471 e. The van der Waals surface area contributed by atoms with Crippen molar-refractivity contribution in [3.8, 4) is 5.88 Å². The average Bonchev–Trinajstić information content (AvgIpc) is 3.04. The number of carbonyl (C=O) groups is 1. The van der Waals surface area contributed by atoms with Crippen LogP contribution in [0.4, 0.5) is 0 Å². The minimum absolute atomic E-state index is 0.0383. The van der Waals surface area contributed by atoms with Crippen LogP contribution >= 0.6 is 0 Å². The molecule has 4 bridgehead atoms. The summed E-state index contributed by atoms with van der Waals surface area (Å²) in [5, 5.41) is 7.72. The van der Waals surface area contributed by atoms with Gasteiger partial charge in [0.2, 0.25) is 5.88 Å². The predicted octanol–water partition coefficient (Wildman–Crippen LogP) is 3.55. The number of aromatic nitrogens is 2. The molecule has 5 nitrogen and oxygen atoms in total. The van der Waals surface area contributed by atoms with Crippen LogP contribution in [0, 0.1) is 23.7 Å². The molecule has 27 heavy (non-hydrogen) atoms. The zero-order valence-corrected chi connectivity index (χ0v) is 15.8. The summed E-state index contributed by atoms with van der Waals surface area (Å²) in [7, 11) is 1.83. The van der Waals surface area contributed by atoms with Gasteiger partial charge in [-0.2, -0.15) is 0 Å². The molecule has 0 aliphatic heterocycles. The topological polar surface area (TPSA) is 56.2 Å². The van der Waals surface area contributed by atoms with Gasteiger partial charge in [-0.1, -0.05) is 30.3 Å². The Morgan fingerprint density at radius 2 is 1.78 bits per heavy atom. The van der Waals surface area contributed by atoms with Gasteiger partial charge >= 0.3 is 0 Å². The molecule has 1 N–H and O–H groups in total. The second kappa shape index (κ2) is 6.70. The fourth-order valence-electron chi connectivity index (χ4n) is 5.85. The molecule has 4 aliphatic carbocycles. The fourth-order valence-corrected chi connectivity index (χ4v) is 5.85. The summed E-state index contributed by atoms with van der Waals surface area (Å²) in [4.78, 5) is 13.0. The Morgan fingerprint density at radius 1 is 1.11 bits per heavy atom. The maximum Gasteiger partial charge on any atom is 0.258 e. The molecule has 0 radical (unpaired) electrons. The number of ether oxygens (including phenoxy) is 1. The third-order valence-electron chi connectivity index (χ3n) is 6.78. The van der Waals surface area contributed by atoms with E-state index in [-0.39, 0.29) is 5.91 Å². The molecule has 0 atom stereocenters. The first-order chi connectivity index (χ1) is 13.2. The van der Waals surface area contributed by atoms with E-state index >= 15 is 0 Å².